The molecule has 1 aliphatic rings. The van der Waals surface area contributed by atoms with Crippen LogP contribution in [0.3, 0.4) is 0 Å². The molecule has 1 aliphatic heterocycles. The third-order valence-electron chi connectivity index (χ3n) is 5.32. The zero-order valence-corrected chi connectivity index (χ0v) is 22.8. The van der Waals surface area contributed by atoms with Crippen LogP contribution in [0.15, 0.2) is 30.3 Å². The second-order valence-corrected chi connectivity index (χ2v) is 11.1. The Bertz CT molecular complexity index is 922. The van der Waals surface area contributed by atoms with E-state index in [-0.39, 0.29) is 12.5 Å². The molecule has 3 amide bonds. The molecule has 0 radical (unpaired) electrons. The van der Waals surface area contributed by atoms with E-state index in [1.807, 2.05) is 6.07 Å². The van der Waals surface area contributed by atoms with Crippen LogP contribution >= 0.6 is 0 Å². The van der Waals surface area contributed by atoms with Crippen LogP contribution in [-0.4, -0.2) is 71.9 Å². The summed E-state index contributed by atoms with van der Waals surface area (Å²) < 4.78 is 16.1. The molecule has 2 atom stereocenters. The second-order valence-electron chi connectivity index (χ2n) is 11.1. The highest BCUT2D eigenvalue weighted by Crippen LogP contribution is 2.18. The predicted molar refractivity (Wildman–Crippen MR) is 138 cm³/mol. The summed E-state index contributed by atoms with van der Waals surface area (Å²) in [5.41, 5.74) is -0.835. The first-order valence-corrected chi connectivity index (χ1v) is 12.7. The van der Waals surface area contributed by atoms with E-state index >= 15 is 0 Å². The summed E-state index contributed by atoms with van der Waals surface area (Å²) in [5.74, 6) is -0.690. The number of nitrogens with zero attached hydrogens (tertiary/aromatic N) is 1. The molecule has 1 heterocycles. The average molecular weight is 520 g/mol. The van der Waals surface area contributed by atoms with E-state index in [0.717, 1.165) is 0 Å². The van der Waals surface area contributed by atoms with Crippen LogP contribution in [0.2, 0.25) is 0 Å². The lowest BCUT2D eigenvalue weighted by Gasteiger charge is -2.26. The zero-order valence-electron chi connectivity index (χ0n) is 22.8. The smallest absolute Gasteiger partial charge is 0.408 e. The summed E-state index contributed by atoms with van der Waals surface area (Å²) in [7, 11) is 0. The summed E-state index contributed by atoms with van der Waals surface area (Å²) >= 11 is 0. The molecule has 0 aliphatic carbocycles. The topological polar surface area (TPSA) is 123 Å². The molecule has 0 aromatic heterocycles. The lowest BCUT2D eigenvalue weighted by Crippen LogP contribution is -2.49. The maximum Gasteiger partial charge on any atom is 0.408 e. The Morgan fingerprint density at radius 1 is 0.946 bits per heavy atom. The molecule has 10 heteroatoms. The van der Waals surface area contributed by atoms with E-state index in [1.165, 1.54) is 0 Å². The van der Waals surface area contributed by atoms with Crippen molar-refractivity contribution in [2.45, 2.75) is 90.6 Å². The molecule has 2 N–H and O–H groups in total. The number of hydrogen-bond acceptors (Lipinski definition) is 7. The van der Waals surface area contributed by atoms with E-state index < -0.39 is 41.5 Å². The van der Waals surface area contributed by atoms with Crippen LogP contribution in [0.25, 0.3) is 0 Å². The number of benzene rings is 1. The largest absolute Gasteiger partial charge is 0.457 e. The third kappa shape index (κ3) is 11.5. The van der Waals surface area contributed by atoms with Crippen LogP contribution in [0.1, 0.15) is 77.6 Å². The maximum atomic E-state index is 13.3. The quantitative estimate of drug-likeness (QED) is 0.287. The van der Waals surface area contributed by atoms with E-state index in [0.29, 0.717) is 44.3 Å². The Labute approximate surface area is 219 Å². The van der Waals surface area contributed by atoms with Gasteiger partial charge in [-0.3, -0.25) is 4.79 Å². The van der Waals surface area contributed by atoms with Gasteiger partial charge in [-0.1, -0.05) is 18.2 Å². The third-order valence-corrected chi connectivity index (χ3v) is 5.32. The number of rotatable bonds is 9. The minimum atomic E-state index is -0.806. The monoisotopic (exact) mass is 519 g/mol. The number of ether oxygens (including phenoxy) is 3. The van der Waals surface area contributed by atoms with Gasteiger partial charge in [0.1, 0.15) is 23.3 Å². The lowest BCUT2D eigenvalue weighted by atomic mass is 10.1. The van der Waals surface area contributed by atoms with Crippen molar-refractivity contribution in [2.24, 2.45) is 0 Å². The van der Waals surface area contributed by atoms with Gasteiger partial charge in [-0.2, -0.15) is 0 Å². The van der Waals surface area contributed by atoms with Gasteiger partial charge in [0, 0.05) is 19.5 Å². The van der Waals surface area contributed by atoms with Crippen LogP contribution in [0.4, 0.5) is 9.59 Å². The van der Waals surface area contributed by atoms with Gasteiger partial charge in [0.2, 0.25) is 5.91 Å². The molecule has 1 aromatic rings. The van der Waals surface area contributed by atoms with Crippen molar-refractivity contribution in [2.75, 3.05) is 19.6 Å². The molecule has 1 fully saturated rings. The SMILES string of the molecule is CC(C)(C)OC(=O)NCCCC[C@H](NC(=O)OC(C)(C)C)C(=O)N1CCC(OC(=O)c2ccccc2)C1. The van der Waals surface area contributed by atoms with Crippen LogP contribution in [-0.2, 0) is 19.0 Å². The van der Waals surface area contributed by atoms with Crippen molar-refractivity contribution in [3.05, 3.63) is 35.9 Å². The fraction of sp³-hybridized carbons (Fsp3) is 0.630. The highest BCUT2D eigenvalue weighted by atomic mass is 16.6. The molecule has 37 heavy (non-hydrogen) atoms. The summed E-state index contributed by atoms with van der Waals surface area (Å²) in [6.45, 7) is 11.7. The minimum Gasteiger partial charge on any atom is -0.457 e. The van der Waals surface area contributed by atoms with Gasteiger partial charge in [-0.15, -0.1) is 0 Å². The minimum absolute atomic E-state index is 0.254. The molecular formula is C27H41N3O7. The molecule has 0 saturated carbocycles. The molecular weight excluding hydrogens is 478 g/mol. The number of carbonyl (C=O) groups excluding carboxylic acids is 4. The van der Waals surface area contributed by atoms with E-state index in [2.05, 4.69) is 10.6 Å². The molecule has 206 valence electrons. The summed E-state index contributed by atoms with van der Waals surface area (Å²) in [4.78, 5) is 51.5. The number of esters is 1. The Morgan fingerprint density at radius 2 is 1.57 bits per heavy atom. The van der Waals surface area contributed by atoms with Gasteiger partial charge < -0.3 is 29.7 Å². The molecule has 0 bridgehead atoms. The molecule has 10 nitrogen and oxygen atoms in total. The molecule has 0 spiro atoms. The maximum absolute atomic E-state index is 13.3. The first-order valence-electron chi connectivity index (χ1n) is 12.7. The molecule has 2 rings (SSSR count). The van der Waals surface area contributed by atoms with Crippen LogP contribution < -0.4 is 10.6 Å². The number of nitrogens with one attached hydrogen (secondary N) is 2. The number of amides is 3. The van der Waals surface area contributed by atoms with Crippen molar-refractivity contribution in [3.63, 3.8) is 0 Å². The van der Waals surface area contributed by atoms with Crippen molar-refractivity contribution in [1.29, 1.82) is 0 Å². The van der Waals surface area contributed by atoms with Crippen molar-refractivity contribution in [3.8, 4) is 0 Å². The van der Waals surface area contributed by atoms with Gasteiger partial charge in [-0.05, 0) is 72.9 Å². The van der Waals surface area contributed by atoms with E-state index in [1.54, 1.807) is 70.7 Å². The van der Waals surface area contributed by atoms with E-state index in [4.69, 9.17) is 14.2 Å². The average Bonchev–Trinajstić information content (AvgIpc) is 3.24. The predicted octanol–water partition coefficient (Wildman–Crippen LogP) is 4.03. The molecule has 1 aromatic carbocycles. The van der Waals surface area contributed by atoms with Crippen LogP contribution in [0, 0.1) is 0 Å². The summed E-state index contributed by atoms with van der Waals surface area (Å²) in [6, 6.07) is 7.89. The van der Waals surface area contributed by atoms with Gasteiger partial charge in [0.25, 0.3) is 0 Å². The number of likely N-dealkylation sites (tertiary alicyclic amines) is 1. The van der Waals surface area contributed by atoms with Gasteiger partial charge in [0.05, 0.1) is 12.1 Å². The van der Waals surface area contributed by atoms with Gasteiger partial charge >= 0.3 is 18.2 Å². The zero-order chi connectivity index (χ0) is 27.6. The summed E-state index contributed by atoms with van der Waals surface area (Å²) in [5, 5.41) is 5.38. The van der Waals surface area contributed by atoms with Crippen molar-refractivity contribution < 1.29 is 33.4 Å². The first-order chi connectivity index (χ1) is 17.2. The number of unbranched alkanes of at least 4 members (excludes halogenated alkanes) is 1. The number of carbonyl (C=O) groups is 4. The molecule has 1 saturated heterocycles. The standard InChI is InChI=1S/C27H41N3O7/c1-26(2,3)36-24(33)28-16-11-10-14-21(29-25(34)37-27(4,5)6)22(31)30-17-15-20(18-30)35-23(32)19-12-8-7-9-13-19/h7-9,12-13,20-21H,10-11,14-18H2,1-6H3,(H,28,33)(H,29,34)/t20?,21-/m0/s1. The fourth-order valence-corrected chi connectivity index (χ4v) is 3.72. The highest BCUT2D eigenvalue weighted by Gasteiger charge is 2.34. The molecule has 1 unspecified atom stereocenters. The normalized spacial score (nSPS) is 16.5. The van der Waals surface area contributed by atoms with E-state index in [9.17, 15) is 19.2 Å². The van der Waals surface area contributed by atoms with Crippen LogP contribution in [0.5, 0.6) is 0 Å². The Kier molecular flexibility index (Phi) is 10.8. The van der Waals surface area contributed by atoms with Gasteiger partial charge in [-0.25, -0.2) is 14.4 Å². The Morgan fingerprint density at radius 3 is 2.19 bits per heavy atom. The van der Waals surface area contributed by atoms with Gasteiger partial charge in [0.15, 0.2) is 0 Å². The number of alkyl carbamates (subject to hydrolysis) is 2. The van der Waals surface area contributed by atoms with Crippen molar-refractivity contribution in [1.82, 2.24) is 15.5 Å². The lowest BCUT2D eigenvalue weighted by molar-refractivity contribution is -0.133. The first kappa shape index (κ1) is 29.9. The Balaban J connectivity index is 1.91. The summed E-state index contributed by atoms with van der Waals surface area (Å²) in [6.07, 6.45) is 0.446. The highest BCUT2D eigenvalue weighted by molar-refractivity contribution is 5.89. The van der Waals surface area contributed by atoms with Crippen molar-refractivity contribution >= 4 is 24.1 Å². The second kappa shape index (κ2) is 13.3. The fourth-order valence-electron chi connectivity index (χ4n) is 3.72. The Hall–Kier alpha value is -3.30. The number of hydrogen-bond donors (Lipinski definition) is 2.